The van der Waals surface area contributed by atoms with E-state index in [0.29, 0.717) is 6.04 Å². The Kier molecular flexibility index (Phi) is 2.31. The maximum Gasteiger partial charge on any atom is 0.0924 e. The summed E-state index contributed by atoms with van der Waals surface area (Å²) in [5.74, 6) is 0. The average molecular weight is 251 g/mol. The van der Waals surface area contributed by atoms with Crippen molar-refractivity contribution in [1.82, 2.24) is 25.1 Å². The van der Waals surface area contributed by atoms with Crippen LogP contribution >= 0.6 is 0 Å². The molecule has 0 spiro atoms. The van der Waals surface area contributed by atoms with E-state index in [1.807, 2.05) is 47.5 Å². The van der Waals surface area contributed by atoms with Crippen molar-refractivity contribution < 1.29 is 0 Å². The van der Waals surface area contributed by atoms with Gasteiger partial charge in [0.1, 0.15) is 0 Å². The van der Waals surface area contributed by atoms with Gasteiger partial charge in [-0.05, 0) is 12.1 Å². The van der Waals surface area contributed by atoms with Gasteiger partial charge in [-0.25, -0.2) is 4.98 Å². The Morgan fingerprint density at radius 2 is 1.95 bits per heavy atom. The first-order valence-corrected chi connectivity index (χ1v) is 6.37. The molecule has 4 rings (SSSR count). The molecule has 94 valence electrons. The van der Waals surface area contributed by atoms with Gasteiger partial charge in [0, 0.05) is 24.8 Å². The second-order valence-electron chi connectivity index (χ2n) is 4.77. The van der Waals surface area contributed by atoms with Gasteiger partial charge in [0.15, 0.2) is 0 Å². The van der Waals surface area contributed by atoms with E-state index >= 15 is 0 Å². The number of rotatable bonds is 2. The number of hydrogen-bond donors (Lipinski definition) is 1. The van der Waals surface area contributed by atoms with Crippen molar-refractivity contribution in [2.24, 2.45) is 0 Å². The predicted molar refractivity (Wildman–Crippen MR) is 72.7 cm³/mol. The van der Waals surface area contributed by atoms with Crippen LogP contribution in [0.1, 0.15) is 6.04 Å². The lowest BCUT2D eigenvalue weighted by Crippen LogP contribution is -2.43. The minimum Gasteiger partial charge on any atom is -0.312 e. The van der Waals surface area contributed by atoms with Crippen molar-refractivity contribution >= 4 is 11.0 Å². The minimum absolute atomic E-state index is 0.474. The molecule has 3 heterocycles. The van der Waals surface area contributed by atoms with Crippen LogP contribution in [0.3, 0.4) is 0 Å². The molecule has 19 heavy (non-hydrogen) atoms. The lowest BCUT2D eigenvalue weighted by Gasteiger charge is -2.27. The van der Waals surface area contributed by atoms with Crippen molar-refractivity contribution in [3.05, 3.63) is 42.9 Å². The molecule has 1 fully saturated rings. The van der Waals surface area contributed by atoms with E-state index in [0.717, 1.165) is 35.4 Å². The number of nitrogens with zero attached hydrogens (tertiary/aromatic N) is 4. The zero-order chi connectivity index (χ0) is 12.7. The van der Waals surface area contributed by atoms with E-state index in [1.165, 1.54) is 0 Å². The summed E-state index contributed by atoms with van der Waals surface area (Å²) in [6, 6.07) is 8.37. The summed E-state index contributed by atoms with van der Waals surface area (Å²) >= 11 is 0. The van der Waals surface area contributed by atoms with Gasteiger partial charge >= 0.3 is 0 Å². The van der Waals surface area contributed by atoms with E-state index in [9.17, 15) is 0 Å². The quantitative estimate of drug-likeness (QED) is 0.752. The first kappa shape index (κ1) is 10.6. The zero-order valence-corrected chi connectivity index (χ0v) is 10.3. The van der Waals surface area contributed by atoms with Crippen molar-refractivity contribution in [3.8, 4) is 11.3 Å². The van der Waals surface area contributed by atoms with Crippen molar-refractivity contribution in [3.63, 3.8) is 0 Å². The normalized spacial score (nSPS) is 15.6. The fourth-order valence-electron chi connectivity index (χ4n) is 2.23. The third-order valence-corrected chi connectivity index (χ3v) is 3.48. The van der Waals surface area contributed by atoms with E-state index in [1.54, 1.807) is 0 Å². The molecule has 2 aromatic heterocycles. The Hall–Kier alpha value is -2.27. The molecule has 0 saturated carbocycles. The maximum absolute atomic E-state index is 4.63. The van der Waals surface area contributed by atoms with Gasteiger partial charge in [0.05, 0.1) is 35.2 Å². The van der Waals surface area contributed by atoms with E-state index in [4.69, 9.17) is 0 Å². The van der Waals surface area contributed by atoms with E-state index in [-0.39, 0.29) is 0 Å². The summed E-state index contributed by atoms with van der Waals surface area (Å²) in [5, 5.41) is 7.65. The molecule has 0 atom stereocenters. The van der Waals surface area contributed by atoms with Crippen molar-refractivity contribution in [1.29, 1.82) is 0 Å². The van der Waals surface area contributed by atoms with Gasteiger partial charge in [-0.3, -0.25) is 9.67 Å². The fraction of sp³-hybridized carbons (Fsp3) is 0.214. The summed E-state index contributed by atoms with van der Waals surface area (Å²) in [5.41, 5.74) is 3.72. The third kappa shape index (κ3) is 1.79. The highest BCUT2D eigenvalue weighted by Gasteiger charge is 2.19. The van der Waals surface area contributed by atoms with Gasteiger partial charge in [0.2, 0.25) is 0 Å². The molecule has 1 aliphatic heterocycles. The second-order valence-corrected chi connectivity index (χ2v) is 4.77. The first-order valence-electron chi connectivity index (χ1n) is 6.37. The number of fused-ring (bicyclic) bond motifs is 1. The van der Waals surface area contributed by atoms with Crippen LogP contribution in [0.4, 0.5) is 0 Å². The van der Waals surface area contributed by atoms with Crippen LogP contribution in [0.2, 0.25) is 0 Å². The molecule has 1 saturated heterocycles. The predicted octanol–water partition coefficient (Wildman–Crippen LogP) is 1.64. The number of nitrogens with one attached hydrogen (secondary N) is 1. The van der Waals surface area contributed by atoms with Crippen LogP contribution < -0.4 is 5.32 Å². The molecule has 0 aliphatic carbocycles. The second kappa shape index (κ2) is 4.13. The highest BCUT2D eigenvalue weighted by atomic mass is 15.3. The van der Waals surface area contributed by atoms with E-state index in [2.05, 4.69) is 20.4 Å². The van der Waals surface area contributed by atoms with Gasteiger partial charge in [-0.2, -0.15) is 5.10 Å². The molecular weight excluding hydrogens is 238 g/mol. The molecule has 0 radical (unpaired) electrons. The number of aromatic nitrogens is 4. The standard InChI is InChI=1S/C14H13N5/c1-2-4-13-12(3-1)16-8-14(18-13)10-5-17-19(9-10)11-6-15-7-11/h1-5,8-9,11,15H,6-7H2. The van der Waals surface area contributed by atoms with Crippen molar-refractivity contribution in [2.75, 3.05) is 13.1 Å². The molecule has 0 unspecified atom stereocenters. The van der Waals surface area contributed by atoms with Gasteiger partial charge in [-0.15, -0.1) is 0 Å². The highest BCUT2D eigenvalue weighted by molar-refractivity contribution is 5.76. The Morgan fingerprint density at radius 3 is 2.74 bits per heavy atom. The average Bonchev–Trinajstić information content (AvgIpc) is 2.85. The SMILES string of the molecule is c1ccc2nc(-c3cnn(C4CNC4)c3)cnc2c1. The molecule has 1 N–H and O–H groups in total. The Balaban J connectivity index is 1.74. The lowest BCUT2D eigenvalue weighted by atomic mass is 10.2. The van der Waals surface area contributed by atoms with Crippen molar-refractivity contribution in [2.45, 2.75) is 6.04 Å². The van der Waals surface area contributed by atoms with Crippen LogP contribution in [0.5, 0.6) is 0 Å². The van der Waals surface area contributed by atoms with Gasteiger partial charge in [0.25, 0.3) is 0 Å². The Bertz CT molecular complexity index is 729. The summed E-state index contributed by atoms with van der Waals surface area (Å²) in [4.78, 5) is 9.06. The molecule has 3 aromatic rings. The number of para-hydroxylation sites is 2. The number of hydrogen-bond acceptors (Lipinski definition) is 4. The molecular formula is C14H13N5. The van der Waals surface area contributed by atoms with Gasteiger partial charge < -0.3 is 5.32 Å². The molecule has 1 aromatic carbocycles. The summed E-state index contributed by atoms with van der Waals surface area (Å²) in [6.45, 7) is 1.98. The zero-order valence-electron chi connectivity index (χ0n) is 10.3. The van der Waals surface area contributed by atoms with Crippen LogP contribution in [0.15, 0.2) is 42.9 Å². The topological polar surface area (TPSA) is 55.6 Å². The Labute approximate surface area is 110 Å². The fourth-order valence-corrected chi connectivity index (χ4v) is 2.23. The molecule has 5 heteroatoms. The van der Waals surface area contributed by atoms with Crippen LogP contribution in [-0.2, 0) is 0 Å². The first-order chi connectivity index (χ1) is 9.40. The molecule has 5 nitrogen and oxygen atoms in total. The molecule has 0 bridgehead atoms. The smallest absolute Gasteiger partial charge is 0.0924 e. The van der Waals surface area contributed by atoms with Crippen LogP contribution in [-0.4, -0.2) is 32.8 Å². The number of benzene rings is 1. The largest absolute Gasteiger partial charge is 0.312 e. The molecule has 0 amide bonds. The third-order valence-electron chi connectivity index (χ3n) is 3.48. The van der Waals surface area contributed by atoms with Crippen LogP contribution in [0.25, 0.3) is 22.3 Å². The van der Waals surface area contributed by atoms with E-state index < -0.39 is 0 Å². The van der Waals surface area contributed by atoms with Gasteiger partial charge in [-0.1, -0.05) is 12.1 Å². The Morgan fingerprint density at radius 1 is 1.11 bits per heavy atom. The lowest BCUT2D eigenvalue weighted by molar-refractivity contribution is 0.318. The highest BCUT2D eigenvalue weighted by Crippen LogP contribution is 2.20. The van der Waals surface area contributed by atoms with Crippen LogP contribution in [0, 0.1) is 0 Å². The summed E-state index contributed by atoms with van der Waals surface area (Å²) in [7, 11) is 0. The molecule has 1 aliphatic rings. The summed E-state index contributed by atoms with van der Waals surface area (Å²) < 4.78 is 2.00. The maximum atomic E-state index is 4.63. The monoisotopic (exact) mass is 251 g/mol. The minimum atomic E-state index is 0.474. The summed E-state index contributed by atoms with van der Waals surface area (Å²) in [6.07, 6.45) is 5.71.